The van der Waals surface area contributed by atoms with Crippen molar-refractivity contribution in [1.82, 2.24) is 0 Å². The zero-order valence-corrected chi connectivity index (χ0v) is 9.45. The van der Waals surface area contributed by atoms with Crippen molar-refractivity contribution in [3.8, 4) is 5.75 Å². The molecule has 0 fully saturated rings. The number of fused-ring (bicyclic) bond motifs is 1. The summed E-state index contributed by atoms with van der Waals surface area (Å²) in [6, 6.07) is 5.13. The van der Waals surface area contributed by atoms with E-state index in [0.717, 1.165) is 16.9 Å². The summed E-state index contributed by atoms with van der Waals surface area (Å²) in [5.74, 6) is -0.453. The molecule has 1 aliphatic rings. The summed E-state index contributed by atoms with van der Waals surface area (Å²) >= 11 is 0. The molecule has 0 saturated carbocycles. The molecule has 1 aromatic rings. The van der Waals surface area contributed by atoms with E-state index in [1.54, 1.807) is 25.3 Å². The van der Waals surface area contributed by atoms with Crippen molar-refractivity contribution in [2.75, 3.05) is 18.6 Å². The van der Waals surface area contributed by atoms with Crippen LogP contribution in [0.2, 0.25) is 0 Å². The molecule has 0 unspecified atom stereocenters. The van der Waals surface area contributed by atoms with E-state index in [2.05, 4.69) is 0 Å². The molecule has 0 aliphatic carbocycles. The number of hydrogen-bond acceptors (Lipinski definition) is 2. The van der Waals surface area contributed by atoms with Crippen molar-refractivity contribution in [3.05, 3.63) is 23.8 Å². The number of hydrogen-bond donors (Lipinski definition) is 0. The number of nitrogens with zero attached hydrogens (tertiary/aromatic N) is 1. The maximum atomic E-state index is 12.4. The van der Waals surface area contributed by atoms with Gasteiger partial charge < -0.3 is 9.64 Å². The number of halogens is 2. The van der Waals surface area contributed by atoms with E-state index < -0.39 is 12.3 Å². The lowest BCUT2D eigenvalue weighted by molar-refractivity contribution is -0.129. The highest BCUT2D eigenvalue weighted by molar-refractivity contribution is 5.96. The molecule has 2 rings (SSSR count). The third-order valence-corrected chi connectivity index (χ3v) is 2.86. The molecule has 5 heteroatoms. The standard InChI is InChI=1S/C12H13F2NO2/c1-17-9-4-5-10-8(7-9)3-2-6-15(10)12(16)11(13)14/h4-5,7,11H,2-3,6H2,1H3. The fourth-order valence-corrected chi connectivity index (χ4v) is 2.05. The van der Waals surface area contributed by atoms with Crippen LogP contribution in [-0.4, -0.2) is 26.0 Å². The van der Waals surface area contributed by atoms with Crippen molar-refractivity contribution in [3.63, 3.8) is 0 Å². The molecule has 0 atom stereocenters. The molecule has 3 nitrogen and oxygen atoms in total. The van der Waals surface area contributed by atoms with Crippen molar-refractivity contribution in [1.29, 1.82) is 0 Å². The molecular weight excluding hydrogens is 228 g/mol. The first-order valence-electron chi connectivity index (χ1n) is 5.40. The van der Waals surface area contributed by atoms with Crippen LogP contribution >= 0.6 is 0 Å². The summed E-state index contributed by atoms with van der Waals surface area (Å²) in [5.41, 5.74) is 1.45. The van der Waals surface area contributed by atoms with Gasteiger partial charge in [-0.1, -0.05) is 0 Å². The maximum Gasteiger partial charge on any atom is 0.316 e. The Balaban J connectivity index is 2.35. The second-order valence-corrected chi connectivity index (χ2v) is 3.89. The van der Waals surface area contributed by atoms with Crippen molar-refractivity contribution in [2.45, 2.75) is 19.3 Å². The van der Waals surface area contributed by atoms with Crippen LogP contribution in [0.15, 0.2) is 18.2 Å². The molecule has 1 aromatic carbocycles. The number of benzene rings is 1. The quantitative estimate of drug-likeness (QED) is 0.794. The summed E-state index contributed by atoms with van der Waals surface area (Å²) in [6.07, 6.45) is -1.49. The Hall–Kier alpha value is -1.65. The minimum Gasteiger partial charge on any atom is -0.497 e. The molecule has 0 N–H and O–H groups in total. The van der Waals surface area contributed by atoms with Crippen LogP contribution in [0.1, 0.15) is 12.0 Å². The van der Waals surface area contributed by atoms with Gasteiger partial charge in [0.1, 0.15) is 5.75 Å². The highest BCUT2D eigenvalue weighted by atomic mass is 19.3. The third kappa shape index (κ3) is 2.23. The van der Waals surface area contributed by atoms with Crippen molar-refractivity contribution in [2.24, 2.45) is 0 Å². The summed E-state index contributed by atoms with van der Waals surface area (Å²) in [4.78, 5) is 12.5. The van der Waals surface area contributed by atoms with Gasteiger partial charge in [-0.2, -0.15) is 8.78 Å². The average Bonchev–Trinajstić information content (AvgIpc) is 2.36. The molecule has 0 radical (unpaired) electrons. The molecule has 0 bridgehead atoms. The molecule has 1 aliphatic heterocycles. The van der Waals surface area contributed by atoms with E-state index >= 15 is 0 Å². The Morgan fingerprint density at radius 3 is 2.88 bits per heavy atom. The highest BCUT2D eigenvalue weighted by Crippen LogP contribution is 2.31. The van der Waals surface area contributed by atoms with E-state index in [1.165, 1.54) is 0 Å². The minimum absolute atomic E-state index is 0.350. The predicted octanol–water partition coefficient (Wildman–Crippen LogP) is 2.24. The summed E-state index contributed by atoms with van der Waals surface area (Å²) in [7, 11) is 1.55. The molecule has 0 saturated heterocycles. The number of carbonyl (C=O) groups excluding carboxylic acids is 1. The van der Waals surface area contributed by atoms with Gasteiger partial charge in [-0.15, -0.1) is 0 Å². The van der Waals surface area contributed by atoms with Gasteiger partial charge in [0, 0.05) is 12.2 Å². The largest absolute Gasteiger partial charge is 0.497 e. The monoisotopic (exact) mass is 241 g/mol. The van der Waals surface area contributed by atoms with E-state index in [-0.39, 0.29) is 0 Å². The normalized spacial score (nSPS) is 14.7. The molecule has 0 aromatic heterocycles. The van der Waals surface area contributed by atoms with Crippen LogP contribution in [0.3, 0.4) is 0 Å². The van der Waals surface area contributed by atoms with Crippen LogP contribution < -0.4 is 9.64 Å². The SMILES string of the molecule is COc1ccc2c(c1)CCCN2C(=O)C(F)F. The van der Waals surface area contributed by atoms with Gasteiger partial charge in [0.05, 0.1) is 7.11 Å². The lowest BCUT2D eigenvalue weighted by Crippen LogP contribution is -2.39. The van der Waals surface area contributed by atoms with E-state index in [1.807, 2.05) is 0 Å². The van der Waals surface area contributed by atoms with E-state index in [9.17, 15) is 13.6 Å². The molecule has 92 valence electrons. The highest BCUT2D eigenvalue weighted by Gasteiger charge is 2.28. The fraction of sp³-hybridized carbons (Fsp3) is 0.417. The zero-order valence-electron chi connectivity index (χ0n) is 9.45. The number of alkyl halides is 2. The number of carbonyl (C=O) groups is 1. The van der Waals surface area contributed by atoms with E-state index in [0.29, 0.717) is 24.4 Å². The smallest absolute Gasteiger partial charge is 0.316 e. The van der Waals surface area contributed by atoms with Gasteiger partial charge in [0.2, 0.25) is 0 Å². The Kier molecular flexibility index (Phi) is 3.26. The number of anilines is 1. The lowest BCUT2D eigenvalue weighted by Gasteiger charge is -2.29. The van der Waals surface area contributed by atoms with Gasteiger partial charge in [0.25, 0.3) is 5.91 Å². The predicted molar refractivity (Wildman–Crippen MR) is 59.7 cm³/mol. The second kappa shape index (κ2) is 4.69. The van der Waals surface area contributed by atoms with Crippen LogP contribution in [0.4, 0.5) is 14.5 Å². The Bertz CT molecular complexity index is 435. The number of amides is 1. The number of ether oxygens (including phenoxy) is 1. The first kappa shape index (κ1) is 11.8. The van der Waals surface area contributed by atoms with Gasteiger partial charge in [-0.05, 0) is 36.6 Å². The Morgan fingerprint density at radius 2 is 2.24 bits per heavy atom. The molecule has 1 amide bonds. The van der Waals surface area contributed by atoms with Gasteiger partial charge in [-0.25, -0.2) is 0 Å². The van der Waals surface area contributed by atoms with Gasteiger partial charge >= 0.3 is 6.43 Å². The first-order valence-corrected chi connectivity index (χ1v) is 5.40. The van der Waals surface area contributed by atoms with Crippen LogP contribution in [0, 0.1) is 0 Å². The van der Waals surface area contributed by atoms with E-state index in [4.69, 9.17) is 4.74 Å². The summed E-state index contributed by atoms with van der Waals surface area (Å²) in [5, 5.41) is 0. The summed E-state index contributed by atoms with van der Waals surface area (Å²) in [6.45, 7) is 0.350. The molecular formula is C12H13F2NO2. The second-order valence-electron chi connectivity index (χ2n) is 3.89. The molecule has 0 spiro atoms. The van der Waals surface area contributed by atoms with Crippen molar-refractivity contribution >= 4 is 11.6 Å². The van der Waals surface area contributed by atoms with Crippen LogP contribution in [0.5, 0.6) is 5.75 Å². The number of aryl methyl sites for hydroxylation is 1. The first-order chi connectivity index (χ1) is 8.13. The number of rotatable bonds is 2. The maximum absolute atomic E-state index is 12.4. The average molecular weight is 241 g/mol. The molecule has 17 heavy (non-hydrogen) atoms. The lowest BCUT2D eigenvalue weighted by atomic mass is 10.0. The number of methoxy groups -OCH3 is 1. The summed E-state index contributed by atoms with van der Waals surface area (Å²) < 4.78 is 29.9. The Labute approximate surface area is 98.0 Å². The minimum atomic E-state index is -2.96. The fourth-order valence-electron chi connectivity index (χ4n) is 2.05. The van der Waals surface area contributed by atoms with Gasteiger partial charge in [-0.3, -0.25) is 4.79 Å². The van der Waals surface area contributed by atoms with Crippen LogP contribution in [0.25, 0.3) is 0 Å². The van der Waals surface area contributed by atoms with Gasteiger partial charge in [0.15, 0.2) is 0 Å². The Morgan fingerprint density at radius 1 is 1.47 bits per heavy atom. The zero-order chi connectivity index (χ0) is 12.4. The van der Waals surface area contributed by atoms with Crippen LogP contribution in [-0.2, 0) is 11.2 Å². The van der Waals surface area contributed by atoms with Crippen molar-refractivity contribution < 1.29 is 18.3 Å². The molecule has 1 heterocycles. The third-order valence-electron chi connectivity index (χ3n) is 2.86. The topological polar surface area (TPSA) is 29.5 Å².